The van der Waals surface area contributed by atoms with Crippen molar-refractivity contribution >= 4 is 29.3 Å². The van der Waals surface area contributed by atoms with Crippen LogP contribution in [-0.2, 0) is 16.1 Å². The molecule has 1 aromatic heterocycles. The van der Waals surface area contributed by atoms with Gasteiger partial charge in [-0.3, -0.25) is 9.69 Å². The molecular formula is C13H16N2O3S. The smallest absolute Gasteiger partial charge is 0.328 e. The Kier molecular flexibility index (Phi) is 4.34. The van der Waals surface area contributed by atoms with Crippen molar-refractivity contribution in [2.45, 2.75) is 6.54 Å². The van der Waals surface area contributed by atoms with Crippen LogP contribution in [0, 0.1) is 0 Å². The Labute approximate surface area is 115 Å². The van der Waals surface area contributed by atoms with Gasteiger partial charge in [-0.1, -0.05) is 0 Å². The van der Waals surface area contributed by atoms with Crippen LogP contribution in [0.15, 0.2) is 17.5 Å². The summed E-state index contributed by atoms with van der Waals surface area (Å²) < 4.78 is 0. The fraction of sp³-hybridized carbons (Fsp3) is 0.385. The second-order valence-electron chi connectivity index (χ2n) is 4.54. The van der Waals surface area contributed by atoms with E-state index in [9.17, 15) is 9.59 Å². The highest BCUT2D eigenvalue weighted by molar-refractivity contribution is 7.10. The van der Waals surface area contributed by atoms with Crippen LogP contribution in [0.1, 0.15) is 10.4 Å². The molecule has 0 unspecified atom stereocenters. The Morgan fingerprint density at radius 1 is 1.53 bits per heavy atom. The molecule has 0 saturated carbocycles. The van der Waals surface area contributed by atoms with E-state index in [2.05, 4.69) is 4.90 Å². The number of hydrogen-bond acceptors (Lipinski definition) is 4. The van der Waals surface area contributed by atoms with Crippen LogP contribution in [0.5, 0.6) is 0 Å². The van der Waals surface area contributed by atoms with Crippen molar-refractivity contribution in [2.75, 3.05) is 26.7 Å². The second-order valence-corrected chi connectivity index (χ2v) is 5.54. The first-order chi connectivity index (χ1) is 9.04. The topological polar surface area (TPSA) is 60.9 Å². The van der Waals surface area contributed by atoms with Gasteiger partial charge < -0.3 is 10.0 Å². The molecule has 2 rings (SSSR count). The quantitative estimate of drug-likeness (QED) is 0.840. The van der Waals surface area contributed by atoms with Crippen LogP contribution in [0.3, 0.4) is 0 Å². The minimum absolute atomic E-state index is 0.147. The van der Waals surface area contributed by atoms with E-state index in [1.807, 2.05) is 18.5 Å². The summed E-state index contributed by atoms with van der Waals surface area (Å²) in [5.41, 5.74) is 0.892. The minimum atomic E-state index is -0.947. The van der Waals surface area contributed by atoms with Gasteiger partial charge in [0.2, 0.25) is 5.91 Å². The summed E-state index contributed by atoms with van der Waals surface area (Å²) in [6, 6.07) is 1.97. The molecule has 0 aliphatic carbocycles. The summed E-state index contributed by atoms with van der Waals surface area (Å²) >= 11 is 1.59. The van der Waals surface area contributed by atoms with E-state index in [4.69, 9.17) is 5.11 Å². The van der Waals surface area contributed by atoms with Crippen molar-refractivity contribution in [1.29, 1.82) is 0 Å². The van der Waals surface area contributed by atoms with Gasteiger partial charge in [-0.05, 0) is 23.1 Å². The highest BCUT2D eigenvalue weighted by Crippen LogP contribution is 2.18. The van der Waals surface area contributed by atoms with Crippen molar-refractivity contribution in [3.63, 3.8) is 0 Å². The third kappa shape index (κ3) is 3.90. The summed E-state index contributed by atoms with van der Waals surface area (Å²) in [5, 5.41) is 10.5. The van der Waals surface area contributed by atoms with Crippen molar-refractivity contribution in [1.82, 2.24) is 9.80 Å². The number of thiophene rings is 1. The van der Waals surface area contributed by atoms with E-state index in [1.165, 1.54) is 0 Å². The van der Waals surface area contributed by atoms with E-state index < -0.39 is 5.97 Å². The van der Waals surface area contributed by atoms with Crippen molar-refractivity contribution < 1.29 is 14.7 Å². The number of carbonyl (C=O) groups excluding carboxylic acids is 1. The molecule has 1 saturated heterocycles. The van der Waals surface area contributed by atoms with Gasteiger partial charge in [0.05, 0.1) is 6.54 Å². The van der Waals surface area contributed by atoms with Crippen molar-refractivity contribution in [3.8, 4) is 0 Å². The van der Waals surface area contributed by atoms with Crippen molar-refractivity contribution in [2.24, 2.45) is 0 Å². The molecule has 0 spiro atoms. The van der Waals surface area contributed by atoms with Gasteiger partial charge in [0.1, 0.15) is 0 Å². The number of piperazine rings is 1. The van der Waals surface area contributed by atoms with Gasteiger partial charge in [0.25, 0.3) is 0 Å². The van der Waals surface area contributed by atoms with E-state index >= 15 is 0 Å². The molecule has 1 aliphatic heterocycles. The Bertz CT molecular complexity index is 510. The first-order valence-electron chi connectivity index (χ1n) is 5.99. The number of rotatable bonds is 4. The van der Waals surface area contributed by atoms with Crippen LogP contribution >= 0.6 is 11.3 Å². The van der Waals surface area contributed by atoms with Crippen LogP contribution in [0.25, 0.3) is 6.08 Å². The SMILES string of the molecule is CN1CCN(Cc2cc(C=CC(=O)O)cs2)CC1=O. The fourth-order valence-electron chi connectivity index (χ4n) is 1.90. The molecule has 0 aromatic carbocycles. The average Bonchev–Trinajstić information content (AvgIpc) is 2.79. The molecule has 19 heavy (non-hydrogen) atoms. The monoisotopic (exact) mass is 280 g/mol. The molecule has 1 aliphatic rings. The lowest BCUT2D eigenvalue weighted by molar-refractivity contribution is -0.134. The van der Waals surface area contributed by atoms with E-state index in [-0.39, 0.29) is 5.91 Å². The van der Waals surface area contributed by atoms with Gasteiger partial charge >= 0.3 is 5.97 Å². The summed E-state index contributed by atoms with van der Waals surface area (Å²) in [6.07, 6.45) is 2.71. The van der Waals surface area contributed by atoms with Crippen LogP contribution in [0.4, 0.5) is 0 Å². The zero-order valence-corrected chi connectivity index (χ0v) is 11.5. The van der Waals surface area contributed by atoms with Gasteiger partial charge in [-0.2, -0.15) is 0 Å². The highest BCUT2D eigenvalue weighted by atomic mass is 32.1. The first-order valence-corrected chi connectivity index (χ1v) is 6.87. The lowest BCUT2D eigenvalue weighted by Gasteiger charge is -2.31. The largest absolute Gasteiger partial charge is 0.478 e. The van der Waals surface area contributed by atoms with Crippen LogP contribution in [-0.4, -0.2) is 53.5 Å². The predicted octanol–water partition coefficient (Wildman–Crippen LogP) is 1.12. The standard InChI is InChI=1S/C13H16N2O3S/c1-14-4-5-15(8-12(14)16)7-11-6-10(9-19-11)2-3-13(17)18/h2-3,6,9H,4-5,7-8H2,1H3,(H,17,18). The number of likely N-dealkylation sites (N-methyl/N-ethyl adjacent to an activating group) is 1. The van der Waals surface area contributed by atoms with Gasteiger partial charge in [0.15, 0.2) is 0 Å². The molecule has 0 bridgehead atoms. The molecule has 2 heterocycles. The predicted molar refractivity (Wildman–Crippen MR) is 73.9 cm³/mol. The van der Waals surface area contributed by atoms with Crippen LogP contribution in [0.2, 0.25) is 0 Å². The minimum Gasteiger partial charge on any atom is -0.478 e. The maximum atomic E-state index is 11.6. The number of aliphatic carboxylic acids is 1. The molecule has 1 amide bonds. The van der Waals surface area contributed by atoms with Crippen molar-refractivity contribution in [3.05, 3.63) is 28.0 Å². The number of carboxylic acid groups (broad SMARTS) is 1. The zero-order valence-electron chi connectivity index (χ0n) is 10.7. The average molecular weight is 280 g/mol. The molecule has 1 N–H and O–H groups in total. The lowest BCUT2D eigenvalue weighted by atomic mass is 10.2. The highest BCUT2D eigenvalue weighted by Gasteiger charge is 2.21. The molecule has 102 valence electrons. The summed E-state index contributed by atoms with van der Waals surface area (Å²) in [5.74, 6) is -0.800. The third-order valence-corrected chi connectivity index (χ3v) is 3.95. The van der Waals surface area contributed by atoms with E-state index in [1.54, 1.807) is 22.3 Å². The number of carbonyl (C=O) groups is 2. The Balaban J connectivity index is 1.93. The maximum Gasteiger partial charge on any atom is 0.328 e. The van der Waals surface area contributed by atoms with Gasteiger partial charge in [-0.25, -0.2) is 4.79 Å². The number of carboxylic acids is 1. The molecule has 0 atom stereocenters. The summed E-state index contributed by atoms with van der Waals surface area (Å²) in [6.45, 7) is 2.83. The normalized spacial score (nSPS) is 17.3. The number of nitrogens with zero attached hydrogens (tertiary/aromatic N) is 2. The first kappa shape index (κ1) is 13.8. The van der Waals surface area contributed by atoms with Crippen LogP contribution < -0.4 is 0 Å². The molecule has 1 aromatic rings. The zero-order chi connectivity index (χ0) is 13.8. The summed E-state index contributed by atoms with van der Waals surface area (Å²) in [7, 11) is 1.82. The molecule has 6 heteroatoms. The number of amides is 1. The Morgan fingerprint density at radius 3 is 3.00 bits per heavy atom. The Morgan fingerprint density at radius 2 is 2.32 bits per heavy atom. The molecule has 5 nitrogen and oxygen atoms in total. The van der Waals surface area contributed by atoms with Gasteiger partial charge in [0, 0.05) is 37.6 Å². The third-order valence-electron chi connectivity index (χ3n) is 3.01. The number of hydrogen-bond donors (Lipinski definition) is 1. The van der Waals surface area contributed by atoms with E-state index in [0.29, 0.717) is 6.54 Å². The summed E-state index contributed by atoms with van der Waals surface area (Å²) in [4.78, 5) is 27.0. The maximum absolute atomic E-state index is 11.6. The lowest BCUT2D eigenvalue weighted by Crippen LogP contribution is -2.47. The fourth-order valence-corrected chi connectivity index (χ4v) is 2.79. The second kappa shape index (κ2) is 5.99. The molecular weight excluding hydrogens is 264 g/mol. The molecule has 1 fully saturated rings. The molecule has 0 radical (unpaired) electrons. The van der Waals surface area contributed by atoms with E-state index in [0.717, 1.165) is 36.2 Å². The van der Waals surface area contributed by atoms with Gasteiger partial charge in [-0.15, -0.1) is 11.3 Å². The Hall–Kier alpha value is -1.66.